The predicted molar refractivity (Wildman–Crippen MR) is 205 cm³/mol. The van der Waals surface area contributed by atoms with E-state index in [0.29, 0.717) is 12.8 Å². The van der Waals surface area contributed by atoms with Crippen molar-refractivity contribution in [2.75, 3.05) is 13.2 Å². The fourth-order valence-electron chi connectivity index (χ4n) is 4.53. The second-order valence-electron chi connectivity index (χ2n) is 11.9. The Hall–Kier alpha value is -3.18. The second kappa shape index (κ2) is 38.3. The summed E-state index contributed by atoms with van der Waals surface area (Å²) in [5, 5.41) is 9.53. The number of aliphatic hydroxyl groups is 1. The monoisotopic (exact) mass is 665 g/mol. The zero-order valence-electron chi connectivity index (χ0n) is 30.5. The average Bonchev–Trinajstić information content (AvgIpc) is 3.09. The largest absolute Gasteiger partial charge is 0.462 e. The highest BCUT2D eigenvalue weighted by atomic mass is 16.6. The summed E-state index contributed by atoms with van der Waals surface area (Å²) in [6.45, 7) is 3.90. The van der Waals surface area contributed by atoms with E-state index in [9.17, 15) is 14.7 Å². The molecule has 0 amide bonds. The quantitative estimate of drug-likeness (QED) is 0.0440. The van der Waals surface area contributed by atoms with Crippen LogP contribution < -0.4 is 0 Å². The first-order valence-corrected chi connectivity index (χ1v) is 18.8. The van der Waals surface area contributed by atoms with Gasteiger partial charge in [-0.1, -0.05) is 130 Å². The van der Waals surface area contributed by atoms with Crippen LogP contribution in [0.3, 0.4) is 0 Å². The number of esters is 2. The Morgan fingerprint density at radius 3 is 1.35 bits per heavy atom. The van der Waals surface area contributed by atoms with Crippen molar-refractivity contribution in [1.29, 1.82) is 0 Å². The molecule has 0 bridgehead atoms. The van der Waals surface area contributed by atoms with Crippen LogP contribution in [0.2, 0.25) is 0 Å². The molecule has 48 heavy (non-hydrogen) atoms. The van der Waals surface area contributed by atoms with E-state index >= 15 is 0 Å². The van der Waals surface area contributed by atoms with Gasteiger partial charge in [-0.25, -0.2) is 0 Å². The number of carbonyl (C=O) groups is 2. The summed E-state index contributed by atoms with van der Waals surface area (Å²) >= 11 is 0. The topological polar surface area (TPSA) is 72.8 Å². The number of ether oxygens (including phenoxy) is 2. The highest BCUT2D eigenvalue weighted by molar-refractivity contribution is 5.70. The molecule has 0 spiro atoms. The Morgan fingerprint density at radius 1 is 0.500 bits per heavy atom. The van der Waals surface area contributed by atoms with Crippen LogP contribution in [0.15, 0.2) is 97.2 Å². The first-order chi connectivity index (χ1) is 23.6. The maximum Gasteiger partial charge on any atom is 0.306 e. The van der Waals surface area contributed by atoms with E-state index in [1.807, 2.05) is 0 Å². The third-order valence-electron chi connectivity index (χ3n) is 7.36. The first kappa shape index (κ1) is 44.8. The molecule has 1 atom stereocenters. The molecule has 1 unspecified atom stereocenters. The van der Waals surface area contributed by atoms with E-state index in [1.165, 1.54) is 25.7 Å². The average molecular weight is 665 g/mol. The summed E-state index contributed by atoms with van der Waals surface area (Å²) in [6, 6.07) is 0. The highest BCUT2D eigenvalue weighted by Gasteiger charge is 2.15. The number of hydrogen-bond acceptors (Lipinski definition) is 5. The van der Waals surface area contributed by atoms with E-state index in [-0.39, 0.29) is 25.2 Å². The Kier molecular flexibility index (Phi) is 35.7. The maximum atomic E-state index is 12.1. The molecule has 0 aromatic heterocycles. The van der Waals surface area contributed by atoms with Gasteiger partial charge in [0.25, 0.3) is 0 Å². The van der Waals surface area contributed by atoms with Gasteiger partial charge < -0.3 is 14.6 Å². The lowest BCUT2D eigenvalue weighted by Gasteiger charge is -2.15. The van der Waals surface area contributed by atoms with Gasteiger partial charge in [-0.05, 0) is 96.3 Å². The molecule has 0 aromatic carbocycles. The molecule has 270 valence electrons. The molecular formula is C43H68O5. The van der Waals surface area contributed by atoms with Crippen molar-refractivity contribution < 1.29 is 24.2 Å². The number of unbranched alkanes of at least 4 members (excludes halogenated alkanes) is 8. The van der Waals surface area contributed by atoms with Crippen molar-refractivity contribution >= 4 is 11.9 Å². The van der Waals surface area contributed by atoms with Crippen molar-refractivity contribution in [1.82, 2.24) is 0 Å². The van der Waals surface area contributed by atoms with E-state index in [2.05, 4.69) is 111 Å². The third kappa shape index (κ3) is 35.7. The summed E-state index contributed by atoms with van der Waals surface area (Å²) in [5.74, 6) is -0.685. The lowest BCUT2D eigenvalue weighted by atomic mass is 10.1. The summed E-state index contributed by atoms with van der Waals surface area (Å²) < 4.78 is 10.5. The number of carbonyl (C=O) groups excluding carboxylic acids is 2. The number of allylic oxidation sites excluding steroid dienone is 16. The summed E-state index contributed by atoms with van der Waals surface area (Å²) in [5.41, 5.74) is 0. The van der Waals surface area contributed by atoms with E-state index in [1.54, 1.807) is 0 Å². The Morgan fingerprint density at radius 2 is 0.896 bits per heavy atom. The third-order valence-corrected chi connectivity index (χ3v) is 7.36. The fourth-order valence-corrected chi connectivity index (χ4v) is 4.53. The van der Waals surface area contributed by atoms with Crippen LogP contribution in [0.25, 0.3) is 0 Å². The molecule has 0 fully saturated rings. The number of hydrogen-bond donors (Lipinski definition) is 1. The highest BCUT2D eigenvalue weighted by Crippen LogP contribution is 2.08. The van der Waals surface area contributed by atoms with Crippen LogP contribution in [0.5, 0.6) is 0 Å². The second-order valence-corrected chi connectivity index (χ2v) is 11.9. The zero-order valence-corrected chi connectivity index (χ0v) is 30.5. The number of rotatable bonds is 32. The molecule has 0 aliphatic heterocycles. The molecule has 5 nitrogen and oxygen atoms in total. The van der Waals surface area contributed by atoms with Crippen LogP contribution >= 0.6 is 0 Å². The molecule has 0 aliphatic carbocycles. The summed E-state index contributed by atoms with van der Waals surface area (Å²) in [6.07, 6.45) is 53.2. The molecule has 0 saturated carbocycles. The van der Waals surface area contributed by atoms with Crippen molar-refractivity contribution in [2.24, 2.45) is 0 Å². The van der Waals surface area contributed by atoms with Crippen LogP contribution in [0.4, 0.5) is 0 Å². The Bertz CT molecular complexity index is 979. The molecule has 0 aromatic rings. The van der Waals surface area contributed by atoms with Crippen LogP contribution in [-0.2, 0) is 19.1 Å². The molecule has 0 radical (unpaired) electrons. The zero-order chi connectivity index (χ0) is 35.0. The molecule has 0 heterocycles. The van der Waals surface area contributed by atoms with Gasteiger partial charge in [0.05, 0.1) is 6.61 Å². The lowest BCUT2D eigenvalue weighted by Crippen LogP contribution is -2.28. The van der Waals surface area contributed by atoms with Crippen molar-refractivity contribution in [3.05, 3.63) is 97.2 Å². The summed E-state index contributed by atoms with van der Waals surface area (Å²) in [4.78, 5) is 24.2. The first-order valence-electron chi connectivity index (χ1n) is 18.8. The van der Waals surface area contributed by atoms with Crippen molar-refractivity contribution in [3.8, 4) is 0 Å². The Labute approximate surface area is 294 Å². The molecule has 0 aliphatic rings. The SMILES string of the molecule is CCC=CCC=CCC=CCC=CCC=CCCCCCC(=O)OCC(CO)OC(=O)CCCCC=CCC=CCC=CCCCCC. The van der Waals surface area contributed by atoms with Gasteiger partial charge in [0.15, 0.2) is 6.10 Å². The Balaban J connectivity index is 3.75. The van der Waals surface area contributed by atoms with E-state index < -0.39 is 6.10 Å². The van der Waals surface area contributed by atoms with Crippen molar-refractivity contribution in [2.45, 2.75) is 148 Å². The minimum Gasteiger partial charge on any atom is -0.462 e. The van der Waals surface area contributed by atoms with Gasteiger partial charge >= 0.3 is 11.9 Å². The molecule has 5 heteroatoms. The van der Waals surface area contributed by atoms with Gasteiger partial charge in [-0.15, -0.1) is 0 Å². The molecule has 0 saturated heterocycles. The predicted octanol–water partition coefficient (Wildman–Crippen LogP) is 11.7. The van der Waals surface area contributed by atoms with Gasteiger partial charge in [0.1, 0.15) is 6.61 Å². The van der Waals surface area contributed by atoms with E-state index in [0.717, 1.165) is 89.9 Å². The lowest BCUT2D eigenvalue weighted by molar-refractivity contribution is -0.161. The molecular weight excluding hydrogens is 596 g/mol. The number of aliphatic hydroxyl groups excluding tert-OH is 1. The van der Waals surface area contributed by atoms with Gasteiger partial charge in [0, 0.05) is 12.8 Å². The minimum atomic E-state index is -0.811. The molecule has 0 rings (SSSR count). The molecule has 1 N–H and O–H groups in total. The minimum absolute atomic E-state index is 0.105. The van der Waals surface area contributed by atoms with Gasteiger partial charge in [-0.3, -0.25) is 9.59 Å². The van der Waals surface area contributed by atoms with Crippen molar-refractivity contribution in [3.63, 3.8) is 0 Å². The van der Waals surface area contributed by atoms with Crippen LogP contribution in [0.1, 0.15) is 142 Å². The smallest absolute Gasteiger partial charge is 0.306 e. The van der Waals surface area contributed by atoms with Gasteiger partial charge in [0.2, 0.25) is 0 Å². The van der Waals surface area contributed by atoms with Crippen LogP contribution in [-0.4, -0.2) is 36.4 Å². The maximum absolute atomic E-state index is 12.1. The summed E-state index contributed by atoms with van der Waals surface area (Å²) in [7, 11) is 0. The normalized spacial score (nSPS) is 13.3. The standard InChI is InChI=1S/C43H68O5/c1-3-5-7-9-11-13-15-17-19-20-21-22-24-25-27-29-31-33-35-37-42(45)47-40-41(39-44)48-43(46)38-36-34-32-30-28-26-23-18-16-14-12-10-8-6-4-2/h5,7,11-14,17-19,21-23,25,27-28,30,41,44H,3-4,6,8-10,15-16,20,24,26,29,31-40H2,1-2H3. The van der Waals surface area contributed by atoms with E-state index in [4.69, 9.17) is 9.47 Å². The fraction of sp³-hybridized carbons (Fsp3) is 0.581. The van der Waals surface area contributed by atoms with Crippen LogP contribution in [0, 0.1) is 0 Å². The van der Waals surface area contributed by atoms with Gasteiger partial charge in [-0.2, -0.15) is 0 Å².